The second kappa shape index (κ2) is 11.6. The summed E-state index contributed by atoms with van der Waals surface area (Å²) >= 11 is 1.46. The van der Waals surface area contributed by atoms with Crippen molar-refractivity contribution in [3.05, 3.63) is 127 Å². The number of hydrogen-bond acceptors (Lipinski definition) is 9. The molecule has 0 bridgehead atoms. The fourth-order valence-corrected chi connectivity index (χ4v) is 4.51. The number of aryl methyl sites for hydroxylation is 2. The molecule has 0 amide bonds. The molecule has 0 N–H and O–H groups in total. The summed E-state index contributed by atoms with van der Waals surface area (Å²) in [5.74, 6) is -0.509. The van der Waals surface area contributed by atoms with E-state index < -0.39 is 21.8 Å². The predicted molar refractivity (Wildman–Crippen MR) is 143 cm³/mol. The number of rotatable bonds is 8. The topological polar surface area (TPSA) is 139 Å². The molecule has 0 aliphatic rings. The molecule has 0 saturated heterocycles. The van der Waals surface area contributed by atoms with Gasteiger partial charge in [0.2, 0.25) is 0 Å². The van der Waals surface area contributed by atoms with Gasteiger partial charge in [-0.05, 0) is 85.6 Å². The highest BCUT2D eigenvalue weighted by molar-refractivity contribution is 7.99. The number of ether oxygens (including phenoxy) is 2. The molecule has 4 rings (SSSR count). The van der Waals surface area contributed by atoms with Crippen LogP contribution in [0.15, 0.2) is 94.7 Å². The number of nitro benzene ring substituents is 2. The van der Waals surface area contributed by atoms with E-state index in [2.05, 4.69) is 0 Å². The first-order valence-electron chi connectivity index (χ1n) is 11.4. The third-order valence-electron chi connectivity index (χ3n) is 5.56. The van der Waals surface area contributed by atoms with Gasteiger partial charge in [0, 0.05) is 34.1 Å². The minimum Gasteiger partial charge on any atom is -0.423 e. The Morgan fingerprint density at radius 3 is 1.28 bits per heavy atom. The van der Waals surface area contributed by atoms with Gasteiger partial charge in [0.1, 0.15) is 11.5 Å². The van der Waals surface area contributed by atoms with Crippen molar-refractivity contribution in [2.75, 3.05) is 0 Å². The van der Waals surface area contributed by atoms with Crippen molar-refractivity contribution >= 4 is 35.1 Å². The molecule has 39 heavy (non-hydrogen) atoms. The molecule has 0 radical (unpaired) electrons. The molecule has 0 aliphatic heterocycles. The van der Waals surface area contributed by atoms with Gasteiger partial charge in [-0.1, -0.05) is 11.8 Å². The summed E-state index contributed by atoms with van der Waals surface area (Å²) in [6.07, 6.45) is 0. The van der Waals surface area contributed by atoms with Gasteiger partial charge >= 0.3 is 11.9 Å². The molecule has 4 aromatic rings. The van der Waals surface area contributed by atoms with Gasteiger partial charge in [0.25, 0.3) is 11.4 Å². The molecule has 11 heteroatoms. The molecular formula is C28H20N2O8S. The Kier molecular flexibility index (Phi) is 8.01. The molecule has 0 aliphatic carbocycles. The zero-order chi connectivity index (χ0) is 28.1. The summed E-state index contributed by atoms with van der Waals surface area (Å²) in [5, 5.41) is 21.6. The lowest BCUT2D eigenvalue weighted by molar-refractivity contribution is -0.385. The van der Waals surface area contributed by atoms with Crippen LogP contribution in [0.25, 0.3) is 0 Å². The lowest BCUT2D eigenvalue weighted by Gasteiger charge is -2.11. The number of esters is 2. The minimum atomic E-state index is -0.622. The first-order chi connectivity index (χ1) is 18.6. The molecule has 196 valence electrons. The van der Waals surface area contributed by atoms with Crippen molar-refractivity contribution in [3.63, 3.8) is 0 Å². The van der Waals surface area contributed by atoms with E-state index in [1.807, 2.05) is 12.1 Å². The van der Waals surface area contributed by atoms with E-state index in [1.165, 1.54) is 60.3 Å². The Morgan fingerprint density at radius 2 is 0.974 bits per heavy atom. The summed E-state index contributed by atoms with van der Waals surface area (Å²) in [6, 6.07) is 21.0. The highest BCUT2D eigenvalue weighted by Gasteiger charge is 2.15. The minimum absolute atomic E-state index is 0.116. The van der Waals surface area contributed by atoms with Crippen molar-refractivity contribution in [1.82, 2.24) is 0 Å². The van der Waals surface area contributed by atoms with Gasteiger partial charge in [0.15, 0.2) is 0 Å². The zero-order valence-electron chi connectivity index (χ0n) is 20.7. The summed E-state index contributed by atoms with van der Waals surface area (Å²) in [4.78, 5) is 47.1. The number of nitrogens with zero attached hydrogens (tertiary/aromatic N) is 2. The fourth-order valence-electron chi connectivity index (χ4n) is 3.49. The summed E-state index contributed by atoms with van der Waals surface area (Å²) in [7, 11) is 0. The summed E-state index contributed by atoms with van der Waals surface area (Å²) < 4.78 is 10.9. The van der Waals surface area contributed by atoms with Gasteiger partial charge < -0.3 is 9.47 Å². The molecular weight excluding hydrogens is 524 g/mol. The van der Waals surface area contributed by atoms with E-state index in [1.54, 1.807) is 38.1 Å². The molecule has 0 saturated carbocycles. The first kappa shape index (κ1) is 27.0. The number of benzene rings is 4. The van der Waals surface area contributed by atoms with Crippen LogP contribution in [-0.2, 0) is 0 Å². The molecule has 0 fully saturated rings. The Hall–Kier alpha value is -5.03. The number of carbonyl (C=O) groups is 2. The SMILES string of the molecule is Cc1cc(Sc2ccc(OC(=O)c3ccc([N+](=O)[O-])cc3)c(C)c2)ccc1OC(=O)c1ccc([N+](=O)[O-])cc1. The highest BCUT2D eigenvalue weighted by Crippen LogP contribution is 2.34. The molecule has 4 aromatic carbocycles. The summed E-state index contributed by atoms with van der Waals surface area (Å²) in [5.41, 5.74) is 1.61. The van der Waals surface area contributed by atoms with Crippen LogP contribution in [0.3, 0.4) is 0 Å². The van der Waals surface area contributed by atoms with Crippen LogP contribution >= 0.6 is 11.8 Å². The van der Waals surface area contributed by atoms with Crippen molar-refractivity contribution in [2.24, 2.45) is 0 Å². The van der Waals surface area contributed by atoms with Gasteiger partial charge in [-0.3, -0.25) is 20.2 Å². The van der Waals surface area contributed by atoms with E-state index >= 15 is 0 Å². The maximum absolute atomic E-state index is 12.4. The van der Waals surface area contributed by atoms with E-state index in [4.69, 9.17) is 9.47 Å². The van der Waals surface area contributed by atoms with Crippen LogP contribution in [-0.4, -0.2) is 21.8 Å². The van der Waals surface area contributed by atoms with Crippen LogP contribution in [0.1, 0.15) is 31.8 Å². The smallest absolute Gasteiger partial charge is 0.343 e. The maximum Gasteiger partial charge on any atom is 0.343 e. The Labute approximate surface area is 226 Å². The van der Waals surface area contributed by atoms with E-state index in [-0.39, 0.29) is 22.5 Å². The van der Waals surface area contributed by atoms with Crippen molar-refractivity contribution in [2.45, 2.75) is 23.6 Å². The number of non-ortho nitro benzene ring substituents is 2. The molecule has 0 spiro atoms. The van der Waals surface area contributed by atoms with Gasteiger partial charge in [-0.25, -0.2) is 9.59 Å². The number of carbonyl (C=O) groups excluding carboxylic acids is 2. The molecule has 10 nitrogen and oxygen atoms in total. The molecule has 0 atom stereocenters. The van der Waals surface area contributed by atoms with E-state index in [0.717, 1.165) is 20.9 Å². The Morgan fingerprint density at radius 1 is 0.615 bits per heavy atom. The largest absolute Gasteiger partial charge is 0.423 e. The van der Waals surface area contributed by atoms with Crippen molar-refractivity contribution in [1.29, 1.82) is 0 Å². The second-order valence-corrected chi connectivity index (χ2v) is 9.49. The normalized spacial score (nSPS) is 10.5. The lowest BCUT2D eigenvalue weighted by atomic mass is 10.2. The Bertz CT molecular complexity index is 1470. The average Bonchev–Trinajstić information content (AvgIpc) is 2.91. The van der Waals surface area contributed by atoms with Crippen molar-refractivity contribution in [3.8, 4) is 11.5 Å². The van der Waals surface area contributed by atoms with Crippen LogP contribution in [0.2, 0.25) is 0 Å². The van der Waals surface area contributed by atoms with Crippen molar-refractivity contribution < 1.29 is 28.9 Å². The third-order valence-corrected chi connectivity index (χ3v) is 6.54. The van der Waals surface area contributed by atoms with Crippen LogP contribution < -0.4 is 9.47 Å². The van der Waals surface area contributed by atoms with Gasteiger partial charge in [-0.2, -0.15) is 0 Å². The zero-order valence-corrected chi connectivity index (χ0v) is 21.5. The lowest BCUT2D eigenvalue weighted by Crippen LogP contribution is -2.09. The van der Waals surface area contributed by atoms with Crippen LogP contribution in [0, 0.1) is 34.1 Å². The quantitative estimate of drug-likeness (QED) is 0.102. The molecule has 0 aromatic heterocycles. The number of hydrogen-bond donors (Lipinski definition) is 0. The molecule has 0 unspecified atom stereocenters. The summed E-state index contributed by atoms with van der Waals surface area (Å²) in [6.45, 7) is 3.60. The fraction of sp³-hybridized carbons (Fsp3) is 0.0714. The maximum atomic E-state index is 12.4. The van der Waals surface area contributed by atoms with E-state index in [0.29, 0.717) is 11.5 Å². The third kappa shape index (κ3) is 6.65. The molecule has 0 heterocycles. The second-order valence-electron chi connectivity index (χ2n) is 8.34. The van der Waals surface area contributed by atoms with Gasteiger partial charge in [0.05, 0.1) is 21.0 Å². The Balaban J connectivity index is 1.39. The van der Waals surface area contributed by atoms with E-state index in [9.17, 15) is 29.8 Å². The standard InChI is InChI=1S/C28H20N2O8S/c1-17-15-23(11-13-25(17)37-27(31)19-3-7-21(8-4-19)29(33)34)39-24-12-14-26(18(2)16-24)38-28(32)20-5-9-22(10-6-20)30(35)36/h3-16H,1-2H3. The van der Waals surface area contributed by atoms with Crippen LogP contribution in [0.5, 0.6) is 11.5 Å². The number of nitro groups is 2. The highest BCUT2D eigenvalue weighted by atomic mass is 32.2. The monoisotopic (exact) mass is 544 g/mol. The van der Waals surface area contributed by atoms with Gasteiger partial charge in [-0.15, -0.1) is 0 Å². The predicted octanol–water partition coefficient (Wildman–Crippen LogP) is 6.71. The van der Waals surface area contributed by atoms with Crippen LogP contribution in [0.4, 0.5) is 11.4 Å². The first-order valence-corrected chi connectivity index (χ1v) is 12.2. The average molecular weight is 545 g/mol.